The van der Waals surface area contributed by atoms with E-state index in [0.717, 1.165) is 11.3 Å². The van der Waals surface area contributed by atoms with Crippen LogP contribution in [0.25, 0.3) is 0 Å². The molecule has 1 saturated heterocycles. The fourth-order valence-corrected chi connectivity index (χ4v) is 5.11. The molecule has 1 fully saturated rings. The molecule has 28 heavy (non-hydrogen) atoms. The van der Waals surface area contributed by atoms with Crippen LogP contribution in [0.4, 0.5) is 5.13 Å². The molecule has 1 N–H and O–H groups in total. The number of rotatable bonds is 6. The zero-order chi connectivity index (χ0) is 20.1. The third kappa shape index (κ3) is 4.57. The lowest BCUT2D eigenvalue weighted by Gasteiger charge is -2.30. The number of thiazole rings is 1. The van der Waals surface area contributed by atoms with Crippen molar-refractivity contribution in [2.75, 3.05) is 25.0 Å². The topological polar surface area (TPSA) is 106 Å². The first-order valence-corrected chi connectivity index (χ1v) is 11.2. The summed E-state index contributed by atoms with van der Waals surface area (Å²) in [5.41, 5.74) is 0.158. The fourth-order valence-electron chi connectivity index (χ4n) is 2.94. The first-order valence-electron chi connectivity index (χ1n) is 8.90. The first-order chi connectivity index (χ1) is 13.4. The van der Waals surface area contributed by atoms with Gasteiger partial charge in [0, 0.05) is 24.4 Å². The number of anilines is 1. The SMILES string of the molecule is CCOC(=O)c1csc(NC(=O)C2CCN(S(=O)(=O)c3ccccc3)CC2)n1. The van der Waals surface area contributed by atoms with E-state index in [-0.39, 0.29) is 42.1 Å². The van der Waals surface area contributed by atoms with Crippen LogP contribution in [0.2, 0.25) is 0 Å². The maximum absolute atomic E-state index is 12.6. The zero-order valence-corrected chi connectivity index (χ0v) is 17.0. The molecule has 0 spiro atoms. The lowest BCUT2D eigenvalue weighted by Crippen LogP contribution is -2.41. The van der Waals surface area contributed by atoms with E-state index in [4.69, 9.17) is 4.74 Å². The van der Waals surface area contributed by atoms with Gasteiger partial charge in [-0.05, 0) is 31.9 Å². The molecule has 150 valence electrons. The van der Waals surface area contributed by atoms with Crippen LogP contribution in [0.15, 0.2) is 40.6 Å². The molecule has 0 radical (unpaired) electrons. The molecule has 0 bridgehead atoms. The molecule has 2 aromatic rings. The highest BCUT2D eigenvalue weighted by atomic mass is 32.2. The van der Waals surface area contributed by atoms with Crippen molar-refractivity contribution < 1.29 is 22.7 Å². The summed E-state index contributed by atoms with van der Waals surface area (Å²) in [5.74, 6) is -1.06. The van der Waals surface area contributed by atoms with Crippen LogP contribution in [0.1, 0.15) is 30.3 Å². The number of carbonyl (C=O) groups is 2. The molecule has 1 amide bonds. The quantitative estimate of drug-likeness (QED) is 0.715. The minimum Gasteiger partial charge on any atom is -0.461 e. The molecular weight excluding hydrogens is 402 g/mol. The van der Waals surface area contributed by atoms with Gasteiger partial charge in [-0.1, -0.05) is 18.2 Å². The van der Waals surface area contributed by atoms with Crippen molar-refractivity contribution in [2.24, 2.45) is 5.92 Å². The fraction of sp³-hybridized carbons (Fsp3) is 0.389. The Labute approximate surface area is 167 Å². The Balaban J connectivity index is 1.56. The number of nitrogens with zero attached hydrogens (tertiary/aromatic N) is 2. The lowest BCUT2D eigenvalue weighted by atomic mass is 9.97. The molecular formula is C18H21N3O5S2. The van der Waals surface area contributed by atoms with E-state index in [1.54, 1.807) is 37.3 Å². The third-order valence-electron chi connectivity index (χ3n) is 4.42. The highest BCUT2D eigenvalue weighted by Gasteiger charge is 2.32. The van der Waals surface area contributed by atoms with Crippen molar-refractivity contribution in [1.82, 2.24) is 9.29 Å². The number of piperidine rings is 1. The van der Waals surface area contributed by atoms with Crippen molar-refractivity contribution in [3.8, 4) is 0 Å². The van der Waals surface area contributed by atoms with Gasteiger partial charge in [0.2, 0.25) is 15.9 Å². The van der Waals surface area contributed by atoms with Gasteiger partial charge in [0.1, 0.15) is 0 Å². The second-order valence-corrected chi connectivity index (χ2v) is 9.04. The Morgan fingerprint density at radius 2 is 1.93 bits per heavy atom. The molecule has 1 aromatic heterocycles. The summed E-state index contributed by atoms with van der Waals surface area (Å²) in [5, 5.41) is 4.56. The molecule has 0 unspecified atom stereocenters. The van der Waals surface area contributed by atoms with Gasteiger partial charge in [-0.3, -0.25) is 4.79 Å². The number of ether oxygens (including phenoxy) is 1. The van der Waals surface area contributed by atoms with Gasteiger partial charge in [0.05, 0.1) is 11.5 Å². The normalized spacial score (nSPS) is 15.9. The van der Waals surface area contributed by atoms with Crippen molar-refractivity contribution in [3.63, 3.8) is 0 Å². The molecule has 10 heteroatoms. The second kappa shape index (κ2) is 8.80. The van der Waals surface area contributed by atoms with Crippen molar-refractivity contribution in [2.45, 2.75) is 24.7 Å². The van der Waals surface area contributed by atoms with E-state index in [9.17, 15) is 18.0 Å². The summed E-state index contributed by atoms with van der Waals surface area (Å²) in [4.78, 5) is 28.4. The molecule has 0 saturated carbocycles. The largest absolute Gasteiger partial charge is 0.461 e. The number of aromatic nitrogens is 1. The summed E-state index contributed by atoms with van der Waals surface area (Å²) in [6, 6.07) is 8.27. The van der Waals surface area contributed by atoms with Crippen LogP contribution in [0, 0.1) is 5.92 Å². The maximum Gasteiger partial charge on any atom is 0.357 e. The van der Waals surface area contributed by atoms with E-state index < -0.39 is 16.0 Å². The van der Waals surface area contributed by atoms with Crippen molar-refractivity contribution in [3.05, 3.63) is 41.4 Å². The van der Waals surface area contributed by atoms with Crippen LogP contribution in [-0.2, 0) is 19.6 Å². The lowest BCUT2D eigenvalue weighted by molar-refractivity contribution is -0.120. The zero-order valence-electron chi connectivity index (χ0n) is 15.3. The third-order valence-corrected chi connectivity index (χ3v) is 7.10. The van der Waals surface area contributed by atoms with Gasteiger partial charge < -0.3 is 10.1 Å². The Kier molecular flexibility index (Phi) is 6.42. The standard InChI is InChI=1S/C18H21N3O5S2/c1-2-26-17(23)15-12-27-18(19-15)20-16(22)13-8-10-21(11-9-13)28(24,25)14-6-4-3-5-7-14/h3-7,12-13H,2,8-11H2,1H3,(H,19,20,22). The smallest absolute Gasteiger partial charge is 0.357 e. The van der Waals surface area contributed by atoms with E-state index >= 15 is 0 Å². The number of benzene rings is 1. The number of amides is 1. The predicted molar refractivity (Wildman–Crippen MR) is 105 cm³/mol. The average Bonchev–Trinajstić information content (AvgIpc) is 3.17. The maximum atomic E-state index is 12.6. The van der Waals surface area contributed by atoms with Gasteiger partial charge in [-0.25, -0.2) is 18.2 Å². The number of nitrogens with one attached hydrogen (secondary N) is 1. The van der Waals surface area contributed by atoms with Gasteiger partial charge >= 0.3 is 5.97 Å². The highest BCUT2D eigenvalue weighted by molar-refractivity contribution is 7.89. The Morgan fingerprint density at radius 1 is 1.25 bits per heavy atom. The molecule has 0 aliphatic carbocycles. The summed E-state index contributed by atoms with van der Waals surface area (Å²) in [6.07, 6.45) is 0.849. The summed E-state index contributed by atoms with van der Waals surface area (Å²) in [7, 11) is -3.54. The highest BCUT2D eigenvalue weighted by Crippen LogP contribution is 2.25. The molecule has 1 aliphatic heterocycles. The Hall–Kier alpha value is -2.30. The average molecular weight is 424 g/mol. The summed E-state index contributed by atoms with van der Waals surface area (Å²) >= 11 is 1.15. The molecule has 0 atom stereocenters. The van der Waals surface area contributed by atoms with Crippen LogP contribution >= 0.6 is 11.3 Å². The summed E-state index contributed by atoms with van der Waals surface area (Å²) in [6.45, 7) is 2.52. The molecule has 3 rings (SSSR count). The second-order valence-electron chi connectivity index (χ2n) is 6.24. The van der Waals surface area contributed by atoms with Crippen LogP contribution in [0.5, 0.6) is 0 Å². The van der Waals surface area contributed by atoms with Gasteiger partial charge in [0.25, 0.3) is 0 Å². The van der Waals surface area contributed by atoms with Crippen LogP contribution in [-0.4, -0.2) is 49.3 Å². The predicted octanol–water partition coefficient (Wildman–Crippen LogP) is 2.36. The minimum atomic E-state index is -3.54. The first kappa shape index (κ1) is 20.4. The summed E-state index contributed by atoms with van der Waals surface area (Å²) < 4.78 is 31.6. The molecule has 8 nitrogen and oxygen atoms in total. The number of hydrogen-bond donors (Lipinski definition) is 1. The number of sulfonamides is 1. The monoisotopic (exact) mass is 423 g/mol. The molecule has 1 aromatic carbocycles. The Morgan fingerprint density at radius 3 is 2.57 bits per heavy atom. The van der Waals surface area contributed by atoms with E-state index in [0.29, 0.717) is 18.0 Å². The van der Waals surface area contributed by atoms with Gasteiger partial charge in [-0.2, -0.15) is 4.31 Å². The van der Waals surface area contributed by atoms with Gasteiger partial charge in [-0.15, -0.1) is 11.3 Å². The van der Waals surface area contributed by atoms with E-state index in [1.165, 1.54) is 9.69 Å². The van der Waals surface area contributed by atoms with Crippen molar-refractivity contribution >= 4 is 38.4 Å². The number of esters is 1. The number of carbonyl (C=O) groups excluding carboxylic acids is 2. The molecule has 2 heterocycles. The Bertz CT molecular complexity index is 935. The van der Waals surface area contributed by atoms with Crippen LogP contribution in [0.3, 0.4) is 0 Å². The van der Waals surface area contributed by atoms with Crippen molar-refractivity contribution in [1.29, 1.82) is 0 Å². The van der Waals surface area contributed by atoms with E-state index in [1.807, 2.05) is 0 Å². The van der Waals surface area contributed by atoms with E-state index in [2.05, 4.69) is 10.3 Å². The van der Waals surface area contributed by atoms with Gasteiger partial charge in [0.15, 0.2) is 10.8 Å². The minimum absolute atomic E-state index is 0.158. The van der Waals surface area contributed by atoms with Crippen LogP contribution < -0.4 is 5.32 Å². The molecule has 1 aliphatic rings. The number of hydrogen-bond acceptors (Lipinski definition) is 7.